The number of piperidine rings is 1. The van der Waals surface area contributed by atoms with E-state index in [0.717, 1.165) is 38.9 Å². The number of benzene rings is 1. The molecule has 0 saturated carbocycles. The van der Waals surface area contributed by atoms with E-state index in [0.29, 0.717) is 5.92 Å². The van der Waals surface area contributed by atoms with Crippen molar-refractivity contribution in [2.45, 2.75) is 89.8 Å². The van der Waals surface area contributed by atoms with Crippen LogP contribution in [0.4, 0.5) is 0 Å². The fraction of sp³-hybridized carbons (Fsp3) is 0.739. The number of hydrogen-bond donors (Lipinski definition) is 0. The van der Waals surface area contributed by atoms with Gasteiger partial charge in [0.15, 0.2) is 0 Å². The molecular formula is C23H37NO2. The zero-order valence-electron chi connectivity index (χ0n) is 17.4. The SMILES string of the molecule is CCC1(C)CC2(CCCO2)C(C)C(C)(CC)N1OCCc1ccccc1. The summed E-state index contributed by atoms with van der Waals surface area (Å²) in [6, 6.07) is 10.6. The van der Waals surface area contributed by atoms with Crippen molar-refractivity contribution in [1.29, 1.82) is 0 Å². The Kier molecular flexibility index (Phi) is 5.81. The van der Waals surface area contributed by atoms with Gasteiger partial charge in [0.05, 0.1) is 12.2 Å². The molecule has 26 heavy (non-hydrogen) atoms. The molecule has 2 saturated heterocycles. The van der Waals surface area contributed by atoms with Gasteiger partial charge in [0.25, 0.3) is 0 Å². The highest BCUT2D eigenvalue weighted by molar-refractivity contribution is 5.15. The van der Waals surface area contributed by atoms with Crippen molar-refractivity contribution in [2.75, 3.05) is 13.2 Å². The lowest BCUT2D eigenvalue weighted by Gasteiger charge is -2.62. The Labute approximate surface area is 160 Å². The summed E-state index contributed by atoms with van der Waals surface area (Å²) in [5.74, 6) is 0.457. The molecule has 146 valence electrons. The second kappa shape index (κ2) is 7.61. The summed E-state index contributed by atoms with van der Waals surface area (Å²) < 4.78 is 6.43. The van der Waals surface area contributed by atoms with Crippen molar-refractivity contribution in [3.05, 3.63) is 35.9 Å². The van der Waals surface area contributed by atoms with Crippen molar-refractivity contribution < 1.29 is 9.57 Å². The normalized spacial score (nSPS) is 38.1. The molecule has 4 unspecified atom stereocenters. The molecular weight excluding hydrogens is 322 g/mol. The molecule has 2 heterocycles. The molecule has 2 aliphatic heterocycles. The van der Waals surface area contributed by atoms with Gasteiger partial charge < -0.3 is 4.74 Å². The zero-order valence-corrected chi connectivity index (χ0v) is 17.4. The highest BCUT2D eigenvalue weighted by Crippen LogP contribution is 2.54. The largest absolute Gasteiger partial charge is 0.375 e. The highest BCUT2D eigenvalue weighted by Gasteiger charge is 2.61. The van der Waals surface area contributed by atoms with Crippen LogP contribution in [-0.2, 0) is 16.0 Å². The number of rotatable bonds is 6. The van der Waals surface area contributed by atoms with Gasteiger partial charge in [-0.25, -0.2) is 0 Å². The number of hydrogen-bond acceptors (Lipinski definition) is 3. The maximum Gasteiger partial charge on any atom is 0.0745 e. The third-order valence-corrected chi connectivity index (χ3v) is 7.42. The minimum Gasteiger partial charge on any atom is -0.375 e. The van der Waals surface area contributed by atoms with Crippen LogP contribution in [0.1, 0.15) is 72.3 Å². The average Bonchev–Trinajstić information content (AvgIpc) is 3.13. The average molecular weight is 360 g/mol. The standard InChI is InChI=1S/C23H37NO2/c1-6-21(4)18-23(15-11-16-25-23)19(3)22(5,7-2)24(21)26-17-14-20-12-9-8-10-13-20/h8-10,12-13,19H,6-7,11,14-18H2,1-5H3. The van der Waals surface area contributed by atoms with Crippen LogP contribution in [0.2, 0.25) is 0 Å². The Morgan fingerprint density at radius 3 is 2.46 bits per heavy atom. The summed E-state index contributed by atoms with van der Waals surface area (Å²) in [6.45, 7) is 13.4. The topological polar surface area (TPSA) is 21.7 Å². The van der Waals surface area contributed by atoms with E-state index in [1.165, 1.54) is 18.4 Å². The Morgan fingerprint density at radius 1 is 1.15 bits per heavy atom. The van der Waals surface area contributed by atoms with E-state index in [4.69, 9.17) is 9.57 Å². The molecule has 0 radical (unpaired) electrons. The van der Waals surface area contributed by atoms with E-state index in [1.807, 2.05) is 0 Å². The molecule has 0 aliphatic carbocycles. The van der Waals surface area contributed by atoms with E-state index in [2.05, 4.69) is 70.0 Å². The molecule has 0 amide bonds. The minimum absolute atomic E-state index is 0.00988. The third-order valence-electron chi connectivity index (χ3n) is 7.42. The molecule has 3 rings (SSSR count). The van der Waals surface area contributed by atoms with Crippen LogP contribution in [-0.4, -0.2) is 35.0 Å². The van der Waals surface area contributed by atoms with Gasteiger partial charge in [-0.3, -0.25) is 4.84 Å². The Morgan fingerprint density at radius 2 is 1.88 bits per heavy atom. The van der Waals surface area contributed by atoms with E-state index >= 15 is 0 Å². The first-order valence-electron chi connectivity index (χ1n) is 10.5. The summed E-state index contributed by atoms with van der Waals surface area (Å²) in [5, 5.41) is 2.38. The van der Waals surface area contributed by atoms with Gasteiger partial charge in [-0.15, -0.1) is 0 Å². The minimum atomic E-state index is -0.00988. The van der Waals surface area contributed by atoms with Crippen LogP contribution < -0.4 is 0 Å². The Bertz CT molecular complexity index is 583. The summed E-state index contributed by atoms with van der Waals surface area (Å²) in [7, 11) is 0. The smallest absolute Gasteiger partial charge is 0.0745 e. The molecule has 3 heteroatoms. The fourth-order valence-corrected chi connectivity index (χ4v) is 5.35. The van der Waals surface area contributed by atoms with Crippen molar-refractivity contribution >= 4 is 0 Å². The fourth-order valence-electron chi connectivity index (χ4n) is 5.35. The van der Waals surface area contributed by atoms with Gasteiger partial charge >= 0.3 is 0 Å². The first-order chi connectivity index (χ1) is 12.4. The highest BCUT2D eigenvalue weighted by atomic mass is 16.7. The maximum atomic E-state index is 6.55. The van der Waals surface area contributed by atoms with E-state index in [9.17, 15) is 0 Å². The van der Waals surface area contributed by atoms with Crippen LogP contribution in [0.15, 0.2) is 30.3 Å². The van der Waals surface area contributed by atoms with Crippen molar-refractivity contribution in [1.82, 2.24) is 5.06 Å². The second-order valence-electron chi connectivity index (χ2n) is 8.84. The maximum absolute atomic E-state index is 6.55. The first-order valence-corrected chi connectivity index (χ1v) is 10.5. The van der Waals surface area contributed by atoms with E-state index < -0.39 is 0 Å². The van der Waals surface area contributed by atoms with Gasteiger partial charge in [0, 0.05) is 23.6 Å². The van der Waals surface area contributed by atoms with E-state index in [-0.39, 0.29) is 16.7 Å². The van der Waals surface area contributed by atoms with Crippen LogP contribution in [0.3, 0.4) is 0 Å². The van der Waals surface area contributed by atoms with Crippen LogP contribution >= 0.6 is 0 Å². The molecule has 0 aromatic heterocycles. The molecule has 2 aliphatic rings. The first kappa shape index (κ1) is 19.9. The number of nitrogens with zero attached hydrogens (tertiary/aromatic N) is 1. The summed E-state index contributed by atoms with van der Waals surface area (Å²) in [6.07, 6.45) is 6.55. The predicted octanol–water partition coefficient (Wildman–Crippen LogP) is 5.39. The van der Waals surface area contributed by atoms with Gasteiger partial charge in [0.1, 0.15) is 0 Å². The lowest BCUT2D eigenvalue weighted by molar-refractivity contribution is -0.333. The number of hydroxylamine groups is 2. The van der Waals surface area contributed by atoms with Crippen molar-refractivity contribution in [3.63, 3.8) is 0 Å². The van der Waals surface area contributed by atoms with Crippen molar-refractivity contribution in [3.8, 4) is 0 Å². The molecule has 1 aromatic rings. The molecule has 0 bridgehead atoms. The third kappa shape index (κ3) is 3.34. The molecule has 4 atom stereocenters. The molecule has 1 aromatic carbocycles. The molecule has 2 fully saturated rings. The molecule has 1 spiro atoms. The van der Waals surface area contributed by atoms with Gasteiger partial charge in [-0.1, -0.05) is 51.1 Å². The lowest BCUT2D eigenvalue weighted by atomic mass is 9.62. The molecule has 3 nitrogen and oxygen atoms in total. The second-order valence-corrected chi connectivity index (χ2v) is 8.84. The van der Waals surface area contributed by atoms with Gasteiger partial charge in [0.2, 0.25) is 0 Å². The van der Waals surface area contributed by atoms with Crippen LogP contribution in [0.25, 0.3) is 0 Å². The summed E-state index contributed by atoms with van der Waals surface area (Å²) in [5.41, 5.74) is 1.36. The quantitative estimate of drug-likeness (QED) is 0.680. The van der Waals surface area contributed by atoms with Gasteiger partial charge in [-0.2, -0.15) is 5.06 Å². The molecule has 0 N–H and O–H groups in total. The number of ether oxygens (including phenoxy) is 1. The van der Waals surface area contributed by atoms with Crippen molar-refractivity contribution in [2.24, 2.45) is 5.92 Å². The van der Waals surface area contributed by atoms with Crippen LogP contribution in [0.5, 0.6) is 0 Å². The van der Waals surface area contributed by atoms with Gasteiger partial charge in [-0.05, 0) is 57.9 Å². The lowest BCUT2D eigenvalue weighted by Crippen LogP contribution is -2.71. The summed E-state index contributed by atoms with van der Waals surface area (Å²) in [4.78, 5) is 6.55. The monoisotopic (exact) mass is 359 g/mol. The van der Waals surface area contributed by atoms with E-state index in [1.54, 1.807) is 0 Å². The van der Waals surface area contributed by atoms with Crippen LogP contribution in [0, 0.1) is 5.92 Å². The predicted molar refractivity (Wildman–Crippen MR) is 107 cm³/mol. The summed E-state index contributed by atoms with van der Waals surface area (Å²) >= 11 is 0. The Balaban J connectivity index is 1.81. The zero-order chi connectivity index (χ0) is 18.8. The Hall–Kier alpha value is -0.900.